The molecule has 0 aromatic heterocycles. The third-order valence-electron chi connectivity index (χ3n) is 5.91. The van der Waals surface area contributed by atoms with E-state index in [-0.39, 0.29) is 29.5 Å². The van der Waals surface area contributed by atoms with E-state index in [9.17, 15) is 19.3 Å². The van der Waals surface area contributed by atoms with Crippen molar-refractivity contribution in [3.05, 3.63) is 110 Å². The summed E-state index contributed by atoms with van der Waals surface area (Å²) in [4.78, 5) is 22.9. The summed E-state index contributed by atoms with van der Waals surface area (Å²) in [5.74, 6) is -0.843. The minimum absolute atomic E-state index is 0.00691. The van der Waals surface area contributed by atoms with Gasteiger partial charge in [0.05, 0.1) is 10.5 Å². The predicted molar refractivity (Wildman–Crippen MR) is 118 cm³/mol. The minimum atomic E-state index is -0.580. The van der Waals surface area contributed by atoms with E-state index in [2.05, 4.69) is 12.1 Å². The lowest BCUT2D eigenvalue weighted by molar-refractivity contribution is -0.384. The van der Waals surface area contributed by atoms with Gasteiger partial charge in [0.2, 0.25) is 0 Å². The first-order valence-corrected chi connectivity index (χ1v) is 10.4. The number of nitrogens with two attached hydrogens (primary N) is 1. The van der Waals surface area contributed by atoms with E-state index in [4.69, 9.17) is 10.5 Å². The molecule has 3 aromatic carbocycles. The number of halogens is 1. The van der Waals surface area contributed by atoms with Gasteiger partial charge < -0.3 is 10.5 Å². The summed E-state index contributed by atoms with van der Waals surface area (Å²) in [7, 11) is 0. The minimum Gasteiger partial charge on any atom is -0.457 e. The molecule has 4 rings (SSSR count). The summed E-state index contributed by atoms with van der Waals surface area (Å²) in [6.45, 7) is 0.132. The Balaban J connectivity index is 1.55. The Labute approximate surface area is 185 Å². The van der Waals surface area contributed by atoms with Gasteiger partial charge in [-0.1, -0.05) is 30.3 Å². The van der Waals surface area contributed by atoms with Crippen LogP contribution < -0.4 is 5.73 Å². The Morgan fingerprint density at radius 2 is 1.84 bits per heavy atom. The molecule has 6 nitrogen and oxygen atoms in total. The molecule has 0 saturated carbocycles. The van der Waals surface area contributed by atoms with Crippen molar-refractivity contribution in [3.63, 3.8) is 0 Å². The Bertz CT molecular complexity index is 1150. The van der Waals surface area contributed by atoms with Crippen LogP contribution in [-0.2, 0) is 17.6 Å². The maximum atomic E-state index is 13.9. The number of carbonyl (C=O) groups excluding carboxylic acids is 1. The van der Waals surface area contributed by atoms with Crippen LogP contribution in [0.25, 0.3) is 0 Å². The highest BCUT2D eigenvalue weighted by Crippen LogP contribution is 2.35. The first-order chi connectivity index (χ1) is 15.4. The van der Waals surface area contributed by atoms with Gasteiger partial charge in [-0.2, -0.15) is 0 Å². The molecule has 0 spiro atoms. The smallest absolute Gasteiger partial charge is 0.338 e. The van der Waals surface area contributed by atoms with E-state index in [0.29, 0.717) is 12.8 Å². The fourth-order valence-corrected chi connectivity index (χ4v) is 4.29. The van der Waals surface area contributed by atoms with E-state index in [1.807, 2.05) is 18.2 Å². The fraction of sp³-hybridized carbons (Fsp3) is 0.240. The van der Waals surface area contributed by atoms with E-state index >= 15 is 0 Å². The van der Waals surface area contributed by atoms with Crippen LogP contribution in [-0.4, -0.2) is 23.5 Å². The van der Waals surface area contributed by atoms with E-state index in [1.165, 1.54) is 35.9 Å². The topological polar surface area (TPSA) is 95.5 Å². The van der Waals surface area contributed by atoms with Crippen molar-refractivity contribution in [2.24, 2.45) is 5.73 Å². The van der Waals surface area contributed by atoms with Crippen LogP contribution in [0.2, 0.25) is 0 Å². The molecule has 3 aromatic rings. The summed E-state index contributed by atoms with van der Waals surface area (Å²) >= 11 is 0. The van der Waals surface area contributed by atoms with Crippen LogP contribution in [0.3, 0.4) is 0 Å². The highest BCUT2D eigenvalue weighted by Gasteiger charge is 2.26. The molecule has 7 heteroatoms. The standard InChI is InChI=1S/C25H23FN2O4/c26-21-8-5-17-11-18-3-1-2-4-24(18)20(12-19(17)13-21)14-23(15-27)32-25(29)16-6-9-22(10-7-16)28(30)31/h1-10,13,20,23H,11-12,14-15,27H2. The van der Waals surface area contributed by atoms with Gasteiger partial charge in [-0.3, -0.25) is 10.1 Å². The van der Waals surface area contributed by atoms with E-state index in [1.54, 1.807) is 6.07 Å². The number of non-ortho nitro benzene ring substituents is 1. The number of hydrogen-bond acceptors (Lipinski definition) is 5. The maximum Gasteiger partial charge on any atom is 0.338 e. The van der Waals surface area contributed by atoms with Crippen molar-refractivity contribution >= 4 is 11.7 Å². The van der Waals surface area contributed by atoms with Crippen molar-refractivity contribution in [2.45, 2.75) is 31.3 Å². The lowest BCUT2D eigenvalue weighted by Crippen LogP contribution is -2.29. The second-order valence-corrected chi connectivity index (χ2v) is 7.99. The number of fused-ring (bicyclic) bond motifs is 2. The average Bonchev–Trinajstić information content (AvgIpc) is 2.94. The van der Waals surface area contributed by atoms with Crippen LogP contribution in [0.1, 0.15) is 45.0 Å². The third kappa shape index (κ3) is 4.68. The zero-order chi connectivity index (χ0) is 22.7. The molecule has 0 heterocycles. The largest absolute Gasteiger partial charge is 0.457 e. The van der Waals surface area contributed by atoms with Crippen molar-refractivity contribution in [2.75, 3.05) is 6.54 Å². The fourth-order valence-electron chi connectivity index (χ4n) is 4.29. The van der Waals surface area contributed by atoms with Gasteiger partial charge in [0, 0.05) is 18.7 Å². The third-order valence-corrected chi connectivity index (χ3v) is 5.91. The molecule has 32 heavy (non-hydrogen) atoms. The van der Waals surface area contributed by atoms with Crippen LogP contribution in [0.4, 0.5) is 10.1 Å². The van der Waals surface area contributed by atoms with Gasteiger partial charge in [0.15, 0.2) is 0 Å². The quantitative estimate of drug-likeness (QED) is 0.349. The van der Waals surface area contributed by atoms with Gasteiger partial charge in [0.25, 0.3) is 5.69 Å². The van der Waals surface area contributed by atoms with Crippen LogP contribution in [0, 0.1) is 15.9 Å². The molecule has 1 aliphatic carbocycles. The number of esters is 1. The van der Waals surface area contributed by atoms with Gasteiger partial charge in [-0.05, 0) is 71.7 Å². The molecule has 0 fully saturated rings. The Morgan fingerprint density at radius 1 is 1.09 bits per heavy atom. The first-order valence-electron chi connectivity index (χ1n) is 10.4. The first kappa shape index (κ1) is 21.6. The molecule has 2 unspecified atom stereocenters. The molecule has 0 saturated heterocycles. The molecule has 0 radical (unpaired) electrons. The number of nitrogens with zero attached hydrogens (tertiary/aromatic N) is 1. The van der Waals surface area contributed by atoms with Gasteiger partial charge >= 0.3 is 5.97 Å². The Morgan fingerprint density at radius 3 is 2.56 bits per heavy atom. The molecule has 164 valence electrons. The number of benzene rings is 3. The predicted octanol–water partition coefficient (Wildman–Crippen LogP) is 4.54. The van der Waals surface area contributed by atoms with Crippen molar-refractivity contribution in [1.29, 1.82) is 0 Å². The SMILES string of the molecule is NCC(CC1Cc2cc(F)ccc2Cc2ccccc21)OC(=O)c1ccc([N+](=O)[O-])cc1. The molecule has 2 N–H and O–H groups in total. The molecular formula is C25H23FN2O4. The molecule has 0 bridgehead atoms. The highest BCUT2D eigenvalue weighted by atomic mass is 19.1. The average molecular weight is 434 g/mol. The van der Waals surface area contributed by atoms with Crippen molar-refractivity contribution in [3.8, 4) is 0 Å². The lowest BCUT2D eigenvalue weighted by atomic mass is 9.87. The lowest BCUT2D eigenvalue weighted by Gasteiger charge is -2.24. The number of nitro groups is 1. The maximum absolute atomic E-state index is 13.9. The normalized spacial score (nSPS) is 15.8. The second-order valence-electron chi connectivity index (χ2n) is 7.99. The summed E-state index contributed by atoms with van der Waals surface area (Å²) in [6.07, 6.45) is 1.28. The summed E-state index contributed by atoms with van der Waals surface area (Å²) in [6, 6.07) is 18.3. The van der Waals surface area contributed by atoms with Crippen LogP contribution >= 0.6 is 0 Å². The van der Waals surface area contributed by atoms with Crippen molar-refractivity contribution < 1.29 is 18.8 Å². The van der Waals surface area contributed by atoms with Crippen LogP contribution in [0.15, 0.2) is 66.7 Å². The van der Waals surface area contributed by atoms with Gasteiger partial charge in [-0.25, -0.2) is 9.18 Å². The summed E-state index contributed by atoms with van der Waals surface area (Å²) in [5, 5.41) is 10.8. The number of ether oxygens (including phenoxy) is 1. The van der Waals surface area contributed by atoms with E-state index in [0.717, 1.165) is 23.1 Å². The second kappa shape index (κ2) is 9.28. The Hall–Kier alpha value is -3.58. The number of rotatable bonds is 6. The summed E-state index contributed by atoms with van der Waals surface area (Å²) in [5.41, 5.74) is 10.4. The Kier molecular flexibility index (Phi) is 6.28. The summed E-state index contributed by atoms with van der Waals surface area (Å²) < 4.78 is 19.6. The molecule has 2 atom stereocenters. The molecule has 0 amide bonds. The van der Waals surface area contributed by atoms with Gasteiger partial charge in [0.1, 0.15) is 11.9 Å². The van der Waals surface area contributed by atoms with Gasteiger partial charge in [-0.15, -0.1) is 0 Å². The molecule has 0 aliphatic heterocycles. The zero-order valence-electron chi connectivity index (χ0n) is 17.4. The van der Waals surface area contributed by atoms with E-state index < -0.39 is 17.0 Å². The molecule has 1 aliphatic rings. The number of carbonyl (C=O) groups is 1. The number of hydrogen-bond donors (Lipinski definition) is 1. The number of nitro benzene ring substituents is 1. The van der Waals surface area contributed by atoms with Crippen molar-refractivity contribution in [1.82, 2.24) is 0 Å². The highest BCUT2D eigenvalue weighted by molar-refractivity contribution is 5.89. The molecular weight excluding hydrogens is 411 g/mol. The van der Waals surface area contributed by atoms with Crippen LogP contribution in [0.5, 0.6) is 0 Å². The zero-order valence-corrected chi connectivity index (χ0v) is 17.4. The monoisotopic (exact) mass is 434 g/mol.